The maximum Gasteiger partial charge on any atom is 0.124 e. The molecule has 1 aliphatic carbocycles. The first kappa shape index (κ1) is 12.9. The van der Waals surface area contributed by atoms with Crippen molar-refractivity contribution in [2.24, 2.45) is 11.7 Å². The molecule has 0 spiro atoms. The van der Waals surface area contributed by atoms with Crippen LogP contribution >= 0.6 is 0 Å². The third-order valence-electron chi connectivity index (χ3n) is 3.86. The third kappa shape index (κ3) is 2.84. The van der Waals surface area contributed by atoms with Crippen LogP contribution in [0.3, 0.4) is 0 Å². The van der Waals surface area contributed by atoms with E-state index in [2.05, 4.69) is 24.1 Å². The number of nitrogens with two attached hydrogens (primary N) is 1. The van der Waals surface area contributed by atoms with E-state index in [1.54, 1.807) is 0 Å². The Bertz CT molecular complexity index is 433. The van der Waals surface area contributed by atoms with Gasteiger partial charge >= 0.3 is 0 Å². The van der Waals surface area contributed by atoms with Gasteiger partial charge in [0, 0.05) is 24.8 Å². The standard InChI is InChI=1S/C15H23N3/c1-11-7-8-14(13(9-11)15(16)17)18(2)10-12-5-3-4-6-12/h7-9,12H,3-6,10H2,1-2H3,(H3,16,17). The Kier molecular flexibility index (Phi) is 3.90. The molecule has 1 fully saturated rings. The van der Waals surface area contributed by atoms with Crippen LogP contribution in [0.4, 0.5) is 5.69 Å². The monoisotopic (exact) mass is 245 g/mol. The van der Waals surface area contributed by atoms with Gasteiger partial charge in [-0.2, -0.15) is 0 Å². The number of nitrogens with zero attached hydrogens (tertiary/aromatic N) is 1. The summed E-state index contributed by atoms with van der Waals surface area (Å²) >= 11 is 0. The quantitative estimate of drug-likeness (QED) is 0.633. The second kappa shape index (κ2) is 5.42. The van der Waals surface area contributed by atoms with E-state index in [0.717, 1.165) is 29.3 Å². The molecule has 0 unspecified atom stereocenters. The van der Waals surface area contributed by atoms with Gasteiger partial charge in [-0.1, -0.05) is 24.5 Å². The SMILES string of the molecule is Cc1ccc(N(C)CC2CCCC2)c(C(=N)N)c1. The number of benzene rings is 1. The van der Waals surface area contributed by atoms with E-state index in [0.29, 0.717) is 0 Å². The van der Waals surface area contributed by atoms with Crippen LogP contribution in [0.2, 0.25) is 0 Å². The molecule has 3 N–H and O–H groups in total. The van der Waals surface area contributed by atoms with Crippen molar-refractivity contribution in [3.8, 4) is 0 Å². The molecule has 2 rings (SSSR count). The zero-order chi connectivity index (χ0) is 13.1. The minimum atomic E-state index is 0.159. The highest BCUT2D eigenvalue weighted by Crippen LogP contribution is 2.28. The van der Waals surface area contributed by atoms with Crippen molar-refractivity contribution in [2.75, 3.05) is 18.5 Å². The average Bonchev–Trinajstić information content (AvgIpc) is 2.81. The summed E-state index contributed by atoms with van der Waals surface area (Å²) in [6.45, 7) is 3.11. The van der Waals surface area contributed by atoms with Crippen LogP contribution in [0.1, 0.15) is 36.8 Å². The fourth-order valence-corrected chi connectivity index (χ4v) is 2.88. The molecule has 0 saturated heterocycles. The summed E-state index contributed by atoms with van der Waals surface area (Å²) in [5.41, 5.74) is 8.78. The van der Waals surface area contributed by atoms with Gasteiger partial charge in [-0.25, -0.2) is 0 Å². The topological polar surface area (TPSA) is 53.1 Å². The molecule has 0 amide bonds. The zero-order valence-electron chi connectivity index (χ0n) is 11.4. The number of hydrogen-bond donors (Lipinski definition) is 2. The van der Waals surface area contributed by atoms with E-state index in [1.165, 1.54) is 25.7 Å². The van der Waals surface area contributed by atoms with Crippen LogP contribution in [0, 0.1) is 18.3 Å². The zero-order valence-corrected chi connectivity index (χ0v) is 11.4. The van der Waals surface area contributed by atoms with Crippen LogP contribution in [-0.2, 0) is 0 Å². The van der Waals surface area contributed by atoms with Gasteiger partial charge in [-0.15, -0.1) is 0 Å². The number of nitrogens with one attached hydrogen (secondary N) is 1. The number of nitrogen functional groups attached to an aromatic ring is 1. The second-order valence-corrected chi connectivity index (χ2v) is 5.47. The highest BCUT2D eigenvalue weighted by Gasteiger charge is 2.18. The highest BCUT2D eigenvalue weighted by atomic mass is 15.1. The van der Waals surface area contributed by atoms with Crippen molar-refractivity contribution in [1.29, 1.82) is 5.41 Å². The fraction of sp³-hybridized carbons (Fsp3) is 0.533. The molecule has 1 aromatic carbocycles. The van der Waals surface area contributed by atoms with Crippen LogP contribution in [0.15, 0.2) is 18.2 Å². The number of hydrogen-bond acceptors (Lipinski definition) is 2. The molecule has 18 heavy (non-hydrogen) atoms. The molecular formula is C15H23N3. The van der Waals surface area contributed by atoms with Gasteiger partial charge in [-0.05, 0) is 37.8 Å². The predicted molar refractivity (Wildman–Crippen MR) is 77.4 cm³/mol. The van der Waals surface area contributed by atoms with Crippen LogP contribution in [0.5, 0.6) is 0 Å². The predicted octanol–water partition coefficient (Wildman–Crippen LogP) is 2.91. The maximum atomic E-state index is 7.70. The lowest BCUT2D eigenvalue weighted by molar-refractivity contribution is 0.547. The molecule has 1 aromatic rings. The van der Waals surface area contributed by atoms with E-state index >= 15 is 0 Å². The Morgan fingerprint density at radius 2 is 2.06 bits per heavy atom. The summed E-state index contributed by atoms with van der Waals surface area (Å²) in [7, 11) is 2.11. The van der Waals surface area contributed by atoms with Crippen LogP contribution < -0.4 is 10.6 Å². The Labute approximate surface area is 109 Å². The Hall–Kier alpha value is -1.51. The summed E-state index contributed by atoms with van der Waals surface area (Å²) < 4.78 is 0. The molecule has 0 atom stereocenters. The Morgan fingerprint density at radius 1 is 1.39 bits per heavy atom. The lowest BCUT2D eigenvalue weighted by Crippen LogP contribution is -2.27. The third-order valence-corrected chi connectivity index (χ3v) is 3.86. The minimum Gasteiger partial charge on any atom is -0.384 e. The van der Waals surface area contributed by atoms with Crippen molar-refractivity contribution in [3.63, 3.8) is 0 Å². The Morgan fingerprint density at radius 3 is 2.67 bits per heavy atom. The minimum absolute atomic E-state index is 0.159. The molecule has 0 heterocycles. The van der Waals surface area contributed by atoms with Crippen LogP contribution in [-0.4, -0.2) is 19.4 Å². The number of amidine groups is 1. The summed E-state index contributed by atoms with van der Waals surface area (Å²) in [5.74, 6) is 0.961. The fourth-order valence-electron chi connectivity index (χ4n) is 2.88. The molecule has 3 nitrogen and oxygen atoms in total. The maximum absolute atomic E-state index is 7.70. The van der Waals surface area contributed by atoms with Gasteiger partial charge in [0.15, 0.2) is 0 Å². The van der Waals surface area contributed by atoms with Gasteiger partial charge in [0.25, 0.3) is 0 Å². The molecule has 1 aliphatic rings. The first-order valence-electron chi connectivity index (χ1n) is 6.74. The Balaban J connectivity index is 2.17. The largest absolute Gasteiger partial charge is 0.384 e. The van der Waals surface area contributed by atoms with E-state index in [1.807, 2.05) is 13.0 Å². The molecule has 0 aromatic heterocycles. The summed E-state index contributed by atoms with van der Waals surface area (Å²) in [6.07, 6.45) is 5.41. The van der Waals surface area contributed by atoms with Crippen molar-refractivity contribution in [1.82, 2.24) is 0 Å². The lowest BCUT2D eigenvalue weighted by atomic mass is 10.0. The van der Waals surface area contributed by atoms with E-state index in [9.17, 15) is 0 Å². The summed E-state index contributed by atoms with van der Waals surface area (Å²) in [5, 5.41) is 7.70. The van der Waals surface area contributed by atoms with E-state index < -0.39 is 0 Å². The van der Waals surface area contributed by atoms with E-state index in [4.69, 9.17) is 11.1 Å². The van der Waals surface area contributed by atoms with Gasteiger partial charge in [0.05, 0.1) is 0 Å². The smallest absolute Gasteiger partial charge is 0.124 e. The molecule has 1 saturated carbocycles. The summed E-state index contributed by atoms with van der Waals surface area (Å²) in [6, 6.07) is 6.18. The van der Waals surface area contributed by atoms with Crippen molar-refractivity contribution < 1.29 is 0 Å². The molecule has 3 heteroatoms. The van der Waals surface area contributed by atoms with Gasteiger partial charge in [0.1, 0.15) is 5.84 Å². The number of aryl methyl sites for hydroxylation is 1. The van der Waals surface area contributed by atoms with Crippen LogP contribution in [0.25, 0.3) is 0 Å². The van der Waals surface area contributed by atoms with Gasteiger partial charge in [-0.3, -0.25) is 5.41 Å². The number of rotatable bonds is 4. The average molecular weight is 245 g/mol. The van der Waals surface area contributed by atoms with Gasteiger partial charge in [0.2, 0.25) is 0 Å². The first-order chi connectivity index (χ1) is 8.58. The lowest BCUT2D eigenvalue weighted by Gasteiger charge is -2.25. The first-order valence-corrected chi connectivity index (χ1v) is 6.74. The molecule has 0 aliphatic heterocycles. The number of anilines is 1. The molecule has 98 valence electrons. The van der Waals surface area contributed by atoms with Crippen molar-refractivity contribution in [2.45, 2.75) is 32.6 Å². The van der Waals surface area contributed by atoms with Gasteiger partial charge < -0.3 is 10.6 Å². The van der Waals surface area contributed by atoms with Crippen molar-refractivity contribution in [3.05, 3.63) is 29.3 Å². The summed E-state index contributed by atoms with van der Waals surface area (Å²) in [4.78, 5) is 2.26. The molecular weight excluding hydrogens is 222 g/mol. The van der Waals surface area contributed by atoms with Crippen molar-refractivity contribution >= 4 is 11.5 Å². The second-order valence-electron chi connectivity index (χ2n) is 5.47. The normalized spacial score (nSPS) is 15.9. The van der Waals surface area contributed by atoms with E-state index in [-0.39, 0.29) is 5.84 Å². The molecule has 0 radical (unpaired) electrons. The molecule has 0 bridgehead atoms. The highest BCUT2D eigenvalue weighted by molar-refractivity contribution is 6.00.